The second kappa shape index (κ2) is 8.32. The summed E-state index contributed by atoms with van der Waals surface area (Å²) in [6.07, 6.45) is 0. The summed E-state index contributed by atoms with van der Waals surface area (Å²) in [6.45, 7) is 7.78. The van der Waals surface area contributed by atoms with Crippen LogP contribution in [0, 0.1) is 19.8 Å². The number of hydrogen-bond donors (Lipinski definition) is 0. The average molecular weight is 498 g/mol. The Kier molecular flexibility index (Phi) is 5.57. The zero-order chi connectivity index (χ0) is 24.3. The summed E-state index contributed by atoms with van der Waals surface area (Å²) in [7, 11) is 1.65. The minimum atomic E-state index is -0.440. The van der Waals surface area contributed by atoms with Crippen molar-refractivity contribution >= 4 is 46.0 Å². The van der Waals surface area contributed by atoms with Gasteiger partial charge in [0.15, 0.2) is 11.2 Å². The van der Waals surface area contributed by atoms with Crippen LogP contribution < -0.4 is 16.1 Å². The number of aryl methyl sites for hydroxylation is 3. The van der Waals surface area contributed by atoms with Crippen LogP contribution in [0.2, 0.25) is 10.0 Å². The maximum atomic E-state index is 13.7. The highest BCUT2D eigenvalue weighted by molar-refractivity contribution is 6.35. The van der Waals surface area contributed by atoms with Crippen molar-refractivity contribution in [2.24, 2.45) is 13.0 Å². The zero-order valence-corrected chi connectivity index (χ0v) is 21.0. The molecule has 7 nitrogen and oxygen atoms in total. The predicted octanol–water partition coefficient (Wildman–Crippen LogP) is 4.66. The molecule has 2 aromatic heterocycles. The Bertz CT molecular complexity index is 1570. The Morgan fingerprint density at radius 2 is 1.79 bits per heavy atom. The van der Waals surface area contributed by atoms with Crippen LogP contribution in [0.4, 0.5) is 11.6 Å². The maximum Gasteiger partial charge on any atom is 0.332 e. The highest BCUT2D eigenvalue weighted by atomic mass is 35.5. The molecule has 9 heteroatoms. The molecule has 0 unspecified atom stereocenters. The lowest BCUT2D eigenvalue weighted by Gasteiger charge is -2.33. The van der Waals surface area contributed by atoms with E-state index in [9.17, 15) is 9.59 Å². The fourth-order valence-electron chi connectivity index (χ4n) is 4.58. The molecule has 34 heavy (non-hydrogen) atoms. The van der Waals surface area contributed by atoms with E-state index in [2.05, 4.69) is 43.9 Å². The molecule has 0 spiro atoms. The van der Waals surface area contributed by atoms with Gasteiger partial charge in [-0.05, 0) is 60.7 Å². The lowest BCUT2D eigenvalue weighted by atomic mass is 10.1. The van der Waals surface area contributed by atoms with Gasteiger partial charge >= 0.3 is 5.69 Å². The fraction of sp³-hybridized carbons (Fsp3) is 0.320. The normalized spacial score (nSPS) is 15.7. The third-order valence-corrected chi connectivity index (χ3v) is 7.17. The van der Waals surface area contributed by atoms with Crippen LogP contribution in [0.25, 0.3) is 11.2 Å². The Labute approximate surface area is 206 Å². The molecule has 0 saturated heterocycles. The number of rotatable bonds is 3. The number of nitrogens with zero attached hydrogens (tertiary/aromatic N) is 5. The summed E-state index contributed by atoms with van der Waals surface area (Å²) in [4.78, 5) is 33.8. The Morgan fingerprint density at radius 1 is 1.03 bits per heavy atom. The minimum Gasteiger partial charge on any atom is -0.312 e. The number of aromatic nitrogens is 4. The highest BCUT2D eigenvalue weighted by Gasteiger charge is 2.30. The number of hydrogen-bond acceptors (Lipinski definition) is 4. The van der Waals surface area contributed by atoms with Crippen molar-refractivity contribution in [3.63, 3.8) is 0 Å². The molecule has 1 aliphatic rings. The molecule has 0 N–H and O–H groups in total. The van der Waals surface area contributed by atoms with E-state index in [4.69, 9.17) is 28.2 Å². The van der Waals surface area contributed by atoms with Gasteiger partial charge in [-0.1, -0.05) is 42.3 Å². The molecule has 0 fully saturated rings. The molecule has 5 rings (SSSR count). The molecule has 4 aromatic rings. The van der Waals surface area contributed by atoms with Gasteiger partial charge in [0, 0.05) is 35.9 Å². The monoisotopic (exact) mass is 497 g/mol. The van der Waals surface area contributed by atoms with Gasteiger partial charge in [0.2, 0.25) is 5.95 Å². The number of halogens is 2. The van der Waals surface area contributed by atoms with Crippen LogP contribution in [0.3, 0.4) is 0 Å². The van der Waals surface area contributed by atoms with Crippen LogP contribution in [0.5, 0.6) is 0 Å². The molecule has 0 bridgehead atoms. The first-order valence-electron chi connectivity index (χ1n) is 11.1. The van der Waals surface area contributed by atoms with E-state index in [1.165, 1.54) is 20.3 Å². The number of anilines is 2. The van der Waals surface area contributed by atoms with E-state index in [0.29, 0.717) is 39.3 Å². The van der Waals surface area contributed by atoms with E-state index in [-0.39, 0.29) is 18.0 Å². The van der Waals surface area contributed by atoms with E-state index in [0.717, 1.165) is 12.2 Å². The first-order valence-corrected chi connectivity index (χ1v) is 11.9. The smallest absolute Gasteiger partial charge is 0.312 e. The number of imidazole rings is 1. The van der Waals surface area contributed by atoms with Crippen LogP contribution >= 0.6 is 23.2 Å². The van der Waals surface area contributed by atoms with Crippen molar-refractivity contribution in [1.82, 2.24) is 18.7 Å². The average Bonchev–Trinajstić information content (AvgIpc) is 3.17. The third-order valence-electron chi connectivity index (χ3n) is 6.59. The van der Waals surface area contributed by atoms with Crippen LogP contribution in [0.1, 0.15) is 23.6 Å². The van der Waals surface area contributed by atoms with Gasteiger partial charge in [0.25, 0.3) is 5.56 Å². The first kappa shape index (κ1) is 22.7. The molecule has 3 heterocycles. The number of fused-ring (bicyclic) bond motifs is 3. The topological polar surface area (TPSA) is 65.1 Å². The largest absolute Gasteiger partial charge is 0.332 e. The third kappa shape index (κ3) is 3.63. The molecule has 0 amide bonds. The summed E-state index contributed by atoms with van der Waals surface area (Å²) < 4.78 is 4.60. The van der Waals surface area contributed by atoms with E-state index in [1.54, 1.807) is 25.2 Å². The molecule has 2 aromatic carbocycles. The van der Waals surface area contributed by atoms with Gasteiger partial charge in [0.05, 0.1) is 6.54 Å². The highest BCUT2D eigenvalue weighted by Crippen LogP contribution is 2.33. The molecular weight excluding hydrogens is 473 g/mol. The van der Waals surface area contributed by atoms with Gasteiger partial charge in [-0.15, -0.1) is 0 Å². The standard InChI is InChI=1S/C25H25Cl2N5O2/c1-14-11-30(19-8-5-15(2)16(3)9-19)24-28-22-21(31(24)12-14)23(33)32(25(34)29(22)4)13-17-6-7-18(26)10-20(17)27/h5-10,14H,11-13H2,1-4H3/t14-/m0/s1. The SMILES string of the molecule is Cc1ccc(N2C[C@H](C)Cn3c2nc2c3c(=O)n(Cc3ccc(Cl)cc3Cl)c(=O)n2C)cc1C. The van der Waals surface area contributed by atoms with E-state index >= 15 is 0 Å². The molecule has 176 valence electrons. The molecule has 1 aliphatic heterocycles. The van der Waals surface area contributed by atoms with Crippen LogP contribution in [0.15, 0.2) is 46.0 Å². The summed E-state index contributed by atoms with van der Waals surface area (Å²) in [5.41, 5.74) is 4.05. The quantitative estimate of drug-likeness (QED) is 0.412. The van der Waals surface area contributed by atoms with Crippen molar-refractivity contribution < 1.29 is 0 Å². The molecule has 1 atom stereocenters. The summed E-state index contributed by atoms with van der Waals surface area (Å²) in [6, 6.07) is 11.3. The van der Waals surface area contributed by atoms with Crippen molar-refractivity contribution in [3.8, 4) is 0 Å². The molecular formula is C25H25Cl2N5O2. The van der Waals surface area contributed by atoms with Crippen LogP contribution in [-0.2, 0) is 20.1 Å². The maximum absolute atomic E-state index is 13.7. The Hall–Kier alpha value is -3.03. The first-order chi connectivity index (χ1) is 16.2. The van der Waals surface area contributed by atoms with Gasteiger partial charge in [-0.3, -0.25) is 13.9 Å². The second-order valence-corrected chi connectivity index (χ2v) is 9.99. The van der Waals surface area contributed by atoms with E-state index < -0.39 is 5.69 Å². The Morgan fingerprint density at radius 3 is 2.50 bits per heavy atom. The lowest BCUT2D eigenvalue weighted by Crippen LogP contribution is -2.40. The molecule has 0 saturated carbocycles. The summed E-state index contributed by atoms with van der Waals surface area (Å²) >= 11 is 12.3. The second-order valence-electron chi connectivity index (χ2n) is 9.15. The molecule has 0 aliphatic carbocycles. The molecule has 0 radical (unpaired) electrons. The lowest BCUT2D eigenvalue weighted by molar-refractivity contribution is 0.458. The zero-order valence-electron chi connectivity index (χ0n) is 19.5. The van der Waals surface area contributed by atoms with Crippen LogP contribution in [-0.4, -0.2) is 25.2 Å². The predicted molar refractivity (Wildman–Crippen MR) is 137 cm³/mol. The van der Waals surface area contributed by atoms with E-state index in [1.807, 2.05) is 4.57 Å². The Balaban J connectivity index is 1.71. The van der Waals surface area contributed by atoms with Crippen molar-refractivity contribution in [3.05, 3.63) is 84.0 Å². The van der Waals surface area contributed by atoms with Crippen molar-refractivity contribution in [2.75, 3.05) is 11.4 Å². The summed E-state index contributed by atoms with van der Waals surface area (Å²) in [5.74, 6) is 0.952. The van der Waals surface area contributed by atoms with Gasteiger partial charge in [-0.25, -0.2) is 4.79 Å². The fourth-order valence-corrected chi connectivity index (χ4v) is 5.04. The summed E-state index contributed by atoms with van der Waals surface area (Å²) in [5, 5.41) is 0.904. The van der Waals surface area contributed by atoms with Crippen molar-refractivity contribution in [2.45, 2.75) is 33.9 Å². The van der Waals surface area contributed by atoms with Crippen molar-refractivity contribution in [1.29, 1.82) is 0 Å². The minimum absolute atomic E-state index is 0.0500. The number of benzene rings is 2. The van der Waals surface area contributed by atoms with Gasteiger partial charge in [-0.2, -0.15) is 4.98 Å². The van der Waals surface area contributed by atoms with Gasteiger partial charge in [0.1, 0.15) is 0 Å². The van der Waals surface area contributed by atoms with Gasteiger partial charge < -0.3 is 9.47 Å².